The van der Waals surface area contributed by atoms with Gasteiger partial charge in [-0.15, -0.1) is 0 Å². The Hall–Kier alpha value is -0.770. The minimum atomic E-state index is 0.251. The smallest absolute Gasteiger partial charge is 0.0723 e. The van der Waals surface area contributed by atoms with Gasteiger partial charge in [-0.1, -0.05) is 17.7 Å². The fourth-order valence-corrected chi connectivity index (χ4v) is 2.66. The Bertz CT molecular complexity index is 411. The van der Waals surface area contributed by atoms with Gasteiger partial charge in [0, 0.05) is 12.6 Å². The Morgan fingerprint density at radius 3 is 2.89 bits per heavy atom. The van der Waals surface area contributed by atoms with Gasteiger partial charge in [-0.3, -0.25) is 0 Å². The second-order valence-corrected chi connectivity index (χ2v) is 5.38. The van der Waals surface area contributed by atoms with E-state index in [4.69, 9.17) is 22.1 Å². The number of rotatable bonds is 3. The SMILES string of the molecule is CC1CN(c2ccc(CCN)cc2Cl)C(C)CO1. The maximum Gasteiger partial charge on any atom is 0.0723 e. The molecule has 0 aromatic heterocycles. The Labute approximate surface area is 114 Å². The quantitative estimate of drug-likeness (QED) is 0.915. The van der Waals surface area contributed by atoms with Crippen molar-refractivity contribution in [3.8, 4) is 0 Å². The van der Waals surface area contributed by atoms with Gasteiger partial charge in [0.25, 0.3) is 0 Å². The van der Waals surface area contributed by atoms with Crippen LogP contribution in [0.4, 0.5) is 5.69 Å². The lowest BCUT2D eigenvalue weighted by molar-refractivity contribution is 0.0344. The van der Waals surface area contributed by atoms with Crippen molar-refractivity contribution in [2.75, 3.05) is 24.6 Å². The highest BCUT2D eigenvalue weighted by molar-refractivity contribution is 6.33. The molecule has 2 rings (SSSR count). The van der Waals surface area contributed by atoms with Gasteiger partial charge in [0.05, 0.1) is 23.4 Å². The topological polar surface area (TPSA) is 38.5 Å². The number of anilines is 1. The van der Waals surface area contributed by atoms with Crippen LogP contribution in [0.15, 0.2) is 18.2 Å². The number of nitrogens with two attached hydrogens (primary N) is 1. The van der Waals surface area contributed by atoms with Crippen LogP contribution in [0, 0.1) is 0 Å². The lowest BCUT2D eigenvalue weighted by Gasteiger charge is -2.39. The van der Waals surface area contributed by atoms with E-state index >= 15 is 0 Å². The summed E-state index contributed by atoms with van der Waals surface area (Å²) in [4.78, 5) is 2.32. The molecular weight excluding hydrogens is 248 g/mol. The van der Waals surface area contributed by atoms with E-state index in [0.717, 1.165) is 30.3 Å². The van der Waals surface area contributed by atoms with Crippen LogP contribution in [0.25, 0.3) is 0 Å². The van der Waals surface area contributed by atoms with Gasteiger partial charge in [-0.2, -0.15) is 0 Å². The van der Waals surface area contributed by atoms with Crippen molar-refractivity contribution in [2.45, 2.75) is 32.4 Å². The standard InChI is InChI=1S/C14H21ClN2O/c1-10-9-18-11(2)8-17(10)14-4-3-12(5-6-16)7-13(14)15/h3-4,7,10-11H,5-6,8-9,16H2,1-2H3. The third-order valence-corrected chi connectivity index (χ3v) is 3.67. The fraction of sp³-hybridized carbons (Fsp3) is 0.571. The van der Waals surface area contributed by atoms with Crippen LogP contribution in [0.3, 0.4) is 0 Å². The molecule has 0 saturated carbocycles. The van der Waals surface area contributed by atoms with Crippen molar-refractivity contribution < 1.29 is 4.74 Å². The Morgan fingerprint density at radius 1 is 1.44 bits per heavy atom. The molecule has 0 bridgehead atoms. The van der Waals surface area contributed by atoms with E-state index in [9.17, 15) is 0 Å². The summed E-state index contributed by atoms with van der Waals surface area (Å²) in [5, 5.41) is 0.807. The zero-order chi connectivity index (χ0) is 13.1. The molecule has 18 heavy (non-hydrogen) atoms. The first-order valence-electron chi connectivity index (χ1n) is 6.48. The van der Waals surface area contributed by atoms with E-state index in [2.05, 4.69) is 30.9 Å². The molecule has 3 nitrogen and oxygen atoms in total. The molecule has 0 aliphatic carbocycles. The van der Waals surface area contributed by atoms with Crippen molar-refractivity contribution >= 4 is 17.3 Å². The number of morpholine rings is 1. The van der Waals surface area contributed by atoms with Gasteiger partial charge in [0.1, 0.15) is 0 Å². The first kappa shape index (κ1) is 13.7. The second-order valence-electron chi connectivity index (χ2n) is 4.97. The number of halogens is 1. The molecule has 1 saturated heterocycles. The van der Waals surface area contributed by atoms with Gasteiger partial charge in [-0.25, -0.2) is 0 Å². The number of hydrogen-bond acceptors (Lipinski definition) is 3. The molecule has 1 aliphatic rings. The number of nitrogens with zero attached hydrogens (tertiary/aromatic N) is 1. The molecule has 1 heterocycles. The third-order valence-electron chi connectivity index (χ3n) is 3.36. The van der Waals surface area contributed by atoms with Crippen LogP contribution < -0.4 is 10.6 Å². The van der Waals surface area contributed by atoms with Crippen LogP contribution in [-0.4, -0.2) is 31.8 Å². The molecule has 0 radical (unpaired) electrons. The highest BCUT2D eigenvalue weighted by Gasteiger charge is 2.25. The predicted molar refractivity (Wildman–Crippen MR) is 76.4 cm³/mol. The summed E-state index contributed by atoms with van der Waals surface area (Å²) in [6.07, 6.45) is 1.12. The molecule has 4 heteroatoms. The Kier molecular flexibility index (Phi) is 4.49. The maximum atomic E-state index is 6.39. The molecule has 2 atom stereocenters. The monoisotopic (exact) mass is 268 g/mol. The first-order valence-corrected chi connectivity index (χ1v) is 6.86. The summed E-state index contributed by atoms with van der Waals surface area (Å²) in [6.45, 7) is 6.55. The zero-order valence-electron chi connectivity index (χ0n) is 11.0. The minimum Gasteiger partial charge on any atom is -0.375 e. The highest BCUT2D eigenvalue weighted by Crippen LogP contribution is 2.30. The minimum absolute atomic E-state index is 0.251. The summed E-state index contributed by atoms with van der Waals surface area (Å²) in [5.41, 5.74) is 7.85. The van der Waals surface area contributed by atoms with Crippen LogP contribution in [-0.2, 0) is 11.2 Å². The van der Waals surface area contributed by atoms with Gasteiger partial charge >= 0.3 is 0 Å². The van der Waals surface area contributed by atoms with Crippen LogP contribution in [0.5, 0.6) is 0 Å². The molecule has 1 aromatic carbocycles. The predicted octanol–water partition coefficient (Wildman–Crippen LogP) is 2.45. The van der Waals surface area contributed by atoms with Gasteiger partial charge in [0.15, 0.2) is 0 Å². The maximum absolute atomic E-state index is 6.39. The molecule has 2 N–H and O–H groups in total. The zero-order valence-corrected chi connectivity index (χ0v) is 11.8. The normalized spacial score (nSPS) is 24.3. The van der Waals surface area contributed by atoms with Crippen molar-refractivity contribution in [1.29, 1.82) is 0 Å². The van der Waals surface area contributed by atoms with E-state index in [1.165, 1.54) is 5.56 Å². The molecule has 100 valence electrons. The van der Waals surface area contributed by atoms with E-state index < -0.39 is 0 Å². The average Bonchev–Trinajstić information content (AvgIpc) is 2.33. The van der Waals surface area contributed by atoms with Crippen molar-refractivity contribution in [3.05, 3.63) is 28.8 Å². The van der Waals surface area contributed by atoms with Crippen LogP contribution >= 0.6 is 11.6 Å². The number of benzene rings is 1. The van der Waals surface area contributed by atoms with E-state index in [1.807, 2.05) is 6.07 Å². The fourth-order valence-electron chi connectivity index (χ4n) is 2.34. The molecular formula is C14H21ClN2O. The van der Waals surface area contributed by atoms with E-state index in [1.54, 1.807) is 0 Å². The summed E-state index contributed by atoms with van der Waals surface area (Å²) in [6, 6.07) is 6.60. The Balaban J connectivity index is 2.21. The van der Waals surface area contributed by atoms with Crippen LogP contribution in [0.1, 0.15) is 19.4 Å². The van der Waals surface area contributed by atoms with Crippen molar-refractivity contribution in [3.63, 3.8) is 0 Å². The average molecular weight is 269 g/mol. The summed E-state index contributed by atoms with van der Waals surface area (Å²) >= 11 is 6.39. The van der Waals surface area contributed by atoms with Crippen LogP contribution in [0.2, 0.25) is 5.02 Å². The Morgan fingerprint density at radius 2 is 2.22 bits per heavy atom. The van der Waals surface area contributed by atoms with Crippen molar-refractivity contribution in [1.82, 2.24) is 0 Å². The van der Waals surface area contributed by atoms with E-state index in [0.29, 0.717) is 12.6 Å². The van der Waals surface area contributed by atoms with Gasteiger partial charge in [-0.05, 0) is 44.5 Å². The summed E-state index contributed by atoms with van der Waals surface area (Å²) in [5.74, 6) is 0. The van der Waals surface area contributed by atoms with Crippen molar-refractivity contribution in [2.24, 2.45) is 5.73 Å². The molecule has 0 spiro atoms. The third kappa shape index (κ3) is 2.97. The van der Waals surface area contributed by atoms with E-state index in [-0.39, 0.29) is 6.10 Å². The molecule has 0 amide bonds. The molecule has 1 aliphatic heterocycles. The lowest BCUT2D eigenvalue weighted by atomic mass is 10.1. The summed E-state index contributed by atoms with van der Waals surface area (Å²) in [7, 11) is 0. The van der Waals surface area contributed by atoms with Gasteiger partial charge in [0.2, 0.25) is 0 Å². The molecule has 1 fully saturated rings. The first-order chi connectivity index (χ1) is 8.61. The second kappa shape index (κ2) is 5.91. The highest BCUT2D eigenvalue weighted by atomic mass is 35.5. The summed E-state index contributed by atoms with van der Waals surface area (Å²) < 4.78 is 5.64. The lowest BCUT2D eigenvalue weighted by Crippen LogP contribution is -2.47. The largest absolute Gasteiger partial charge is 0.375 e. The number of hydrogen-bond donors (Lipinski definition) is 1. The molecule has 1 aromatic rings. The molecule has 2 unspecified atom stereocenters. The number of ether oxygens (including phenoxy) is 1. The van der Waals surface area contributed by atoms with Gasteiger partial charge < -0.3 is 15.4 Å².